The number of amides is 1. The van der Waals surface area contributed by atoms with E-state index in [2.05, 4.69) is 14.7 Å². The van der Waals surface area contributed by atoms with Gasteiger partial charge in [-0.3, -0.25) is 10.1 Å². The molecular weight excluding hydrogens is 198 g/mol. The van der Waals surface area contributed by atoms with Crippen molar-refractivity contribution in [2.24, 2.45) is 0 Å². The van der Waals surface area contributed by atoms with E-state index in [4.69, 9.17) is 11.6 Å². The van der Waals surface area contributed by atoms with Crippen LogP contribution in [0.2, 0.25) is 0 Å². The van der Waals surface area contributed by atoms with Crippen molar-refractivity contribution in [3.05, 3.63) is 5.82 Å². The fourth-order valence-electron chi connectivity index (χ4n) is 0.601. The minimum Gasteiger partial charge on any atom is -0.300 e. The van der Waals surface area contributed by atoms with Crippen molar-refractivity contribution in [1.29, 1.82) is 0 Å². The van der Waals surface area contributed by atoms with E-state index in [1.165, 1.54) is 11.5 Å². The fourth-order valence-corrected chi connectivity index (χ4v) is 1.34. The second kappa shape index (κ2) is 4.37. The van der Waals surface area contributed by atoms with E-state index in [0.717, 1.165) is 12.2 Å². The van der Waals surface area contributed by atoms with Crippen LogP contribution in [-0.4, -0.2) is 21.1 Å². The highest BCUT2D eigenvalue weighted by atomic mass is 35.5. The van der Waals surface area contributed by atoms with Gasteiger partial charge in [0.05, 0.1) is 0 Å². The SMILES string of the molecule is CCc1nsc(NC(=O)CCl)n1. The molecule has 6 heteroatoms. The Balaban J connectivity index is 2.58. The van der Waals surface area contributed by atoms with Gasteiger partial charge < -0.3 is 0 Å². The van der Waals surface area contributed by atoms with E-state index in [0.29, 0.717) is 5.13 Å². The van der Waals surface area contributed by atoms with Crippen LogP contribution in [0, 0.1) is 0 Å². The van der Waals surface area contributed by atoms with Crippen molar-refractivity contribution < 1.29 is 4.79 Å². The maximum absolute atomic E-state index is 10.8. The van der Waals surface area contributed by atoms with E-state index in [-0.39, 0.29) is 11.8 Å². The summed E-state index contributed by atoms with van der Waals surface area (Å²) in [4.78, 5) is 14.8. The fraction of sp³-hybridized carbons (Fsp3) is 0.500. The number of aryl methyl sites for hydroxylation is 1. The number of nitrogens with zero attached hydrogens (tertiary/aromatic N) is 2. The number of alkyl halides is 1. The van der Waals surface area contributed by atoms with E-state index in [9.17, 15) is 4.79 Å². The molecule has 0 aliphatic rings. The Hall–Kier alpha value is -0.680. The van der Waals surface area contributed by atoms with Crippen LogP contribution in [0.4, 0.5) is 5.13 Å². The molecule has 0 radical (unpaired) electrons. The Morgan fingerprint density at radius 3 is 3.00 bits per heavy atom. The molecule has 0 aromatic carbocycles. The number of halogens is 1. The Kier molecular flexibility index (Phi) is 3.43. The minimum atomic E-state index is -0.254. The smallest absolute Gasteiger partial charge is 0.241 e. The van der Waals surface area contributed by atoms with Crippen LogP contribution < -0.4 is 5.32 Å². The molecule has 1 aromatic heterocycles. The van der Waals surface area contributed by atoms with Crippen LogP contribution >= 0.6 is 23.1 Å². The van der Waals surface area contributed by atoms with Crippen LogP contribution in [0.25, 0.3) is 0 Å². The van der Waals surface area contributed by atoms with Gasteiger partial charge >= 0.3 is 0 Å². The van der Waals surface area contributed by atoms with Gasteiger partial charge in [0.2, 0.25) is 11.0 Å². The predicted octanol–water partition coefficient (Wildman–Crippen LogP) is 1.28. The van der Waals surface area contributed by atoms with Gasteiger partial charge in [0.1, 0.15) is 11.7 Å². The van der Waals surface area contributed by atoms with Gasteiger partial charge in [-0.25, -0.2) is 4.98 Å². The monoisotopic (exact) mass is 205 g/mol. The molecule has 1 rings (SSSR count). The van der Waals surface area contributed by atoms with Gasteiger partial charge in [0.25, 0.3) is 0 Å². The average Bonchev–Trinajstić information content (AvgIpc) is 2.52. The lowest BCUT2D eigenvalue weighted by Gasteiger charge is -1.93. The summed E-state index contributed by atoms with van der Waals surface area (Å²) in [6.07, 6.45) is 0.771. The molecule has 1 amide bonds. The first kappa shape index (κ1) is 9.41. The summed E-state index contributed by atoms with van der Waals surface area (Å²) >= 11 is 6.45. The molecule has 66 valence electrons. The van der Waals surface area contributed by atoms with Crippen LogP contribution in [0.1, 0.15) is 12.7 Å². The summed E-state index contributed by atoms with van der Waals surface area (Å²) in [5, 5.41) is 3.03. The van der Waals surface area contributed by atoms with Crippen molar-refractivity contribution in [2.45, 2.75) is 13.3 Å². The molecule has 0 aliphatic carbocycles. The first-order chi connectivity index (χ1) is 5.76. The second-order valence-electron chi connectivity index (χ2n) is 2.05. The molecule has 1 aromatic rings. The maximum Gasteiger partial charge on any atom is 0.241 e. The summed E-state index contributed by atoms with van der Waals surface area (Å²) in [6.45, 7) is 1.95. The summed E-state index contributed by atoms with van der Waals surface area (Å²) < 4.78 is 3.99. The predicted molar refractivity (Wildman–Crippen MR) is 48.6 cm³/mol. The lowest BCUT2D eigenvalue weighted by Crippen LogP contribution is -2.12. The number of aromatic nitrogens is 2. The Morgan fingerprint density at radius 2 is 2.50 bits per heavy atom. The summed E-state index contributed by atoms with van der Waals surface area (Å²) in [6, 6.07) is 0. The van der Waals surface area contributed by atoms with Crippen LogP contribution in [0.15, 0.2) is 0 Å². The van der Waals surface area contributed by atoms with Crippen molar-refractivity contribution in [2.75, 3.05) is 11.2 Å². The molecule has 1 heterocycles. The standard InChI is InChI=1S/C6H8ClN3OS/c1-2-4-8-6(12-10-4)9-5(11)3-7/h2-3H2,1H3,(H,8,9,10,11). The highest BCUT2D eigenvalue weighted by Gasteiger charge is 2.04. The Labute approximate surface area is 79.1 Å². The third-order valence-corrected chi connectivity index (χ3v) is 2.06. The van der Waals surface area contributed by atoms with Crippen molar-refractivity contribution in [1.82, 2.24) is 9.36 Å². The van der Waals surface area contributed by atoms with Crippen molar-refractivity contribution in [3.63, 3.8) is 0 Å². The lowest BCUT2D eigenvalue weighted by molar-refractivity contribution is -0.113. The van der Waals surface area contributed by atoms with Gasteiger partial charge in [0.15, 0.2) is 0 Å². The first-order valence-corrected chi connectivity index (χ1v) is 4.75. The molecule has 0 unspecified atom stereocenters. The Bertz CT molecular complexity index is 276. The van der Waals surface area contributed by atoms with Crippen molar-refractivity contribution in [3.8, 4) is 0 Å². The van der Waals surface area contributed by atoms with Gasteiger partial charge in [-0.2, -0.15) is 4.37 Å². The quantitative estimate of drug-likeness (QED) is 0.757. The zero-order valence-corrected chi connectivity index (χ0v) is 8.08. The lowest BCUT2D eigenvalue weighted by atomic mass is 10.5. The normalized spacial score (nSPS) is 9.83. The van der Waals surface area contributed by atoms with Gasteiger partial charge in [-0.15, -0.1) is 11.6 Å². The molecule has 0 spiro atoms. The molecule has 1 N–H and O–H groups in total. The molecule has 0 saturated heterocycles. The highest BCUT2D eigenvalue weighted by Crippen LogP contribution is 2.10. The molecule has 0 atom stereocenters. The van der Waals surface area contributed by atoms with E-state index in [1.807, 2.05) is 6.92 Å². The zero-order chi connectivity index (χ0) is 8.97. The van der Waals surface area contributed by atoms with Crippen LogP contribution in [-0.2, 0) is 11.2 Å². The molecule has 0 fully saturated rings. The average molecular weight is 206 g/mol. The zero-order valence-electron chi connectivity index (χ0n) is 6.50. The van der Waals surface area contributed by atoms with E-state index < -0.39 is 0 Å². The molecule has 0 saturated carbocycles. The Morgan fingerprint density at radius 1 is 1.75 bits per heavy atom. The summed E-state index contributed by atoms with van der Waals surface area (Å²) in [7, 11) is 0. The van der Waals surface area contributed by atoms with Gasteiger partial charge in [0, 0.05) is 18.0 Å². The number of rotatable bonds is 3. The number of hydrogen-bond donors (Lipinski definition) is 1. The number of anilines is 1. The topological polar surface area (TPSA) is 54.9 Å². The number of hydrogen-bond acceptors (Lipinski definition) is 4. The number of carbonyl (C=O) groups is 1. The highest BCUT2D eigenvalue weighted by molar-refractivity contribution is 7.09. The third kappa shape index (κ3) is 2.42. The van der Waals surface area contributed by atoms with Crippen molar-refractivity contribution >= 4 is 34.2 Å². The third-order valence-electron chi connectivity index (χ3n) is 1.15. The van der Waals surface area contributed by atoms with Gasteiger partial charge in [-0.1, -0.05) is 6.92 Å². The molecular formula is C6H8ClN3OS. The van der Waals surface area contributed by atoms with E-state index in [1.54, 1.807) is 0 Å². The molecule has 4 nitrogen and oxygen atoms in total. The van der Waals surface area contributed by atoms with Gasteiger partial charge in [-0.05, 0) is 0 Å². The molecule has 0 aliphatic heterocycles. The largest absolute Gasteiger partial charge is 0.300 e. The molecule has 0 bridgehead atoms. The van der Waals surface area contributed by atoms with Crippen LogP contribution in [0.3, 0.4) is 0 Å². The summed E-state index contributed by atoms with van der Waals surface area (Å²) in [5.74, 6) is 0.432. The molecule has 12 heavy (non-hydrogen) atoms. The maximum atomic E-state index is 10.8. The number of carbonyl (C=O) groups excluding carboxylic acids is 1. The first-order valence-electron chi connectivity index (χ1n) is 3.44. The van der Waals surface area contributed by atoms with Crippen LogP contribution in [0.5, 0.6) is 0 Å². The van der Waals surface area contributed by atoms with E-state index >= 15 is 0 Å². The number of nitrogens with one attached hydrogen (secondary N) is 1. The summed E-state index contributed by atoms with van der Waals surface area (Å²) in [5.41, 5.74) is 0. The minimum absolute atomic E-state index is 0.0545. The second-order valence-corrected chi connectivity index (χ2v) is 3.07.